The summed E-state index contributed by atoms with van der Waals surface area (Å²) in [5.41, 5.74) is 1.30. The third kappa shape index (κ3) is 4.67. The number of benzene rings is 1. The maximum absolute atomic E-state index is 12.1. The molecular weight excluding hydrogens is 264 g/mol. The first-order chi connectivity index (χ1) is 9.94. The van der Waals surface area contributed by atoms with Crippen molar-refractivity contribution in [3.8, 4) is 0 Å². The monoisotopic (exact) mass is 288 g/mol. The van der Waals surface area contributed by atoms with E-state index in [2.05, 4.69) is 24.1 Å². The summed E-state index contributed by atoms with van der Waals surface area (Å²) >= 11 is 0. The van der Waals surface area contributed by atoms with Gasteiger partial charge in [0.1, 0.15) is 0 Å². The highest BCUT2D eigenvalue weighted by Crippen LogP contribution is 2.20. The van der Waals surface area contributed by atoms with Gasteiger partial charge >= 0.3 is 0 Å². The molecule has 1 aromatic carbocycles. The maximum atomic E-state index is 12.1. The van der Waals surface area contributed by atoms with Crippen LogP contribution in [0.25, 0.3) is 0 Å². The topological polar surface area (TPSA) is 49.4 Å². The van der Waals surface area contributed by atoms with Crippen LogP contribution in [0.1, 0.15) is 37.6 Å². The van der Waals surface area contributed by atoms with Crippen molar-refractivity contribution in [3.05, 3.63) is 29.8 Å². The van der Waals surface area contributed by atoms with E-state index in [-0.39, 0.29) is 11.7 Å². The number of anilines is 1. The molecule has 2 unspecified atom stereocenters. The second kappa shape index (κ2) is 6.85. The summed E-state index contributed by atoms with van der Waals surface area (Å²) in [6, 6.07) is 7.08. The maximum Gasteiger partial charge on any atom is 0.238 e. The number of hydrogen-bond acceptors (Lipinski definition) is 3. The molecule has 0 saturated carbocycles. The van der Waals surface area contributed by atoms with Crippen molar-refractivity contribution in [2.45, 2.75) is 27.2 Å². The highest BCUT2D eigenvalue weighted by Gasteiger charge is 2.23. The quantitative estimate of drug-likeness (QED) is 0.867. The van der Waals surface area contributed by atoms with E-state index in [1.165, 1.54) is 13.3 Å². The van der Waals surface area contributed by atoms with E-state index in [4.69, 9.17) is 0 Å². The van der Waals surface area contributed by atoms with Gasteiger partial charge < -0.3 is 5.32 Å². The number of amides is 1. The molecule has 4 heteroatoms. The molecule has 1 fully saturated rings. The van der Waals surface area contributed by atoms with Gasteiger partial charge in [0.2, 0.25) is 5.91 Å². The summed E-state index contributed by atoms with van der Waals surface area (Å²) in [5.74, 6) is 1.27. The Morgan fingerprint density at radius 3 is 2.52 bits per heavy atom. The van der Waals surface area contributed by atoms with Crippen molar-refractivity contribution in [3.63, 3.8) is 0 Å². The first-order valence-electron chi connectivity index (χ1n) is 7.57. The third-order valence-electron chi connectivity index (χ3n) is 3.86. The average Bonchev–Trinajstić information content (AvgIpc) is 2.37. The summed E-state index contributed by atoms with van der Waals surface area (Å²) in [6.45, 7) is 8.36. The van der Waals surface area contributed by atoms with Gasteiger partial charge in [0, 0.05) is 24.3 Å². The first kappa shape index (κ1) is 15.7. The molecule has 114 valence electrons. The minimum atomic E-state index is -0.0167. The van der Waals surface area contributed by atoms with Crippen LogP contribution in [-0.4, -0.2) is 36.2 Å². The van der Waals surface area contributed by atoms with E-state index in [0.29, 0.717) is 29.6 Å². The largest absolute Gasteiger partial charge is 0.325 e. The van der Waals surface area contributed by atoms with Gasteiger partial charge in [-0.25, -0.2) is 0 Å². The number of likely N-dealkylation sites (tertiary alicyclic amines) is 1. The van der Waals surface area contributed by atoms with E-state index < -0.39 is 0 Å². The van der Waals surface area contributed by atoms with Gasteiger partial charge in [0.25, 0.3) is 0 Å². The summed E-state index contributed by atoms with van der Waals surface area (Å²) in [7, 11) is 0. The second-order valence-electron chi connectivity index (χ2n) is 6.33. The van der Waals surface area contributed by atoms with E-state index in [0.717, 1.165) is 13.1 Å². The highest BCUT2D eigenvalue weighted by molar-refractivity contribution is 5.97. The number of piperidine rings is 1. The van der Waals surface area contributed by atoms with Crippen LogP contribution < -0.4 is 5.32 Å². The number of nitrogens with one attached hydrogen (secondary N) is 1. The van der Waals surface area contributed by atoms with Crippen LogP contribution in [0.15, 0.2) is 24.3 Å². The number of Topliss-reactive ketones (excluding diaryl/α,β-unsaturated/α-hetero) is 1. The lowest BCUT2D eigenvalue weighted by molar-refractivity contribution is -0.117. The van der Waals surface area contributed by atoms with Gasteiger partial charge in [-0.2, -0.15) is 0 Å². The fourth-order valence-corrected chi connectivity index (χ4v) is 3.14. The van der Waals surface area contributed by atoms with Crippen LogP contribution in [0.5, 0.6) is 0 Å². The van der Waals surface area contributed by atoms with Crippen molar-refractivity contribution >= 4 is 17.4 Å². The Hall–Kier alpha value is -1.68. The number of carbonyl (C=O) groups is 2. The molecule has 21 heavy (non-hydrogen) atoms. The van der Waals surface area contributed by atoms with Crippen LogP contribution in [0.4, 0.5) is 5.69 Å². The molecule has 4 nitrogen and oxygen atoms in total. The highest BCUT2D eigenvalue weighted by atomic mass is 16.2. The third-order valence-corrected chi connectivity index (χ3v) is 3.86. The zero-order valence-electron chi connectivity index (χ0n) is 13.1. The van der Waals surface area contributed by atoms with Crippen molar-refractivity contribution in [1.29, 1.82) is 0 Å². The average molecular weight is 288 g/mol. The first-order valence-corrected chi connectivity index (χ1v) is 7.57. The van der Waals surface area contributed by atoms with E-state index in [1.54, 1.807) is 18.2 Å². The zero-order chi connectivity index (χ0) is 15.4. The lowest BCUT2D eigenvalue weighted by atomic mass is 9.92. The Bertz CT molecular complexity index is 517. The van der Waals surface area contributed by atoms with E-state index in [1.807, 2.05) is 6.07 Å². The number of ketones is 1. The van der Waals surface area contributed by atoms with Gasteiger partial charge in [0.15, 0.2) is 5.78 Å². The number of nitrogens with zero attached hydrogens (tertiary/aromatic N) is 1. The molecule has 0 aromatic heterocycles. The summed E-state index contributed by atoms with van der Waals surface area (Å²) in [6.07, 6.45) is 1.23. The molecular formula is C17H24N2O2. The Balaban J connectivity index is 1.92. The molecule has 1 aliphatic rings. The van der Waals surface area contributed by atoms with Gasteiger partial charge in [0.05, 0.1) is 6.54 Å². The summed E-state index contributed by atoms with van der Waals surface area (Å²) in [4.78, 5) is 25.7. The molecule has 1 amide bonds. The van der Waals surface area contributed by atoms with Crippen LogP contribution in [0, 0.1) is 11.8 Å². The molecule has 1 saturated heterocycles. The molecule has 1 heterocycles. The summed E-state index contributed by atoms with van der Waals surface area (Å²) in [5, 5.41) is 2.88. The Labute approximate surface area is 126 Å². The lowest BCUT2D eigenvalue weighted by Gasteiger charge is -2.34. The molecule has 1 aliphatic heterocycles. The van der Waals surface area contributed by atoms with Gasteiger partial charge in [-0.1, -0.05) is 26.0 Å². The van der Waals surface area contributed by atoms with Crippen molar-refractivity contribution in [2.75, 3.05) is 25.0 Å². The van der Waals surface area contributed by atoms with Crippen molar-refractivity contribution in [2.24, 2.45) is 11.8 Å². The van der Waals surface area contributed by atoms with Crippen LogP contribution in [0.3, 0.4) is 0 Å². The predicted molar refractivity (Wildman–Crippen MR) is 84.5 cm³/mol. The Morgan fingerprint density at radius 2 is 1.90 bits per heavy atom. The molecule has 0 spiro atoms. The fraction of sp³-hybridized carbons (Fsp3) is 0.529. The Morgan fingerprint density at radius 1 is 1.24 bits per heavy atom. The van der Waals surface area contributed by atoms with Crippen LogP contribution in [0.2, 0.25) is 0 Å². The van der Waals surface area contributed by atoms with Crippen molar-refractivity contribution in [1.82, 2.24) is 4.90 Å². The predicted octanol–water partition coefficient (Wildman–Crippen LogP) is 2.81. The van der Waals surface area contributed by atoms with Gasteiger partial charge in [-0.05, 0) is 37.3 Å². The smallest absolute Gasteiger partial charge is 0.238 e. The van der Waals surface area contributed by atoms with Crippen LogP contribution >= 0.6 is 0 Å². The van der Waals surface area contributed by atoms with Gasteiger partial charge in [-0.3, -0.25) is 14.5 Å². The minimum absolute atomic E-state index is 0.00443. The zero-order valence-corrected chi connectivity index (χ0v) is 13.1. The molecule has 0 aliphatic carbocycles. The standard InChI is InChI=1S/C17H24N2O2/c1-12-7-13(2)10-19(9-12)11-17(21)18-16-6-4-5-15(8-16)14(3)20/h4-6,8,12-13H,7,9-11H2,1-3H3,(H,18,21). The number of rotatable bonds is 4. The second-order valence-corrected chi connectivity index (χ2v) is 6.33. The Kier molecular flexibility index (Phi) is 5.12. The lowest BCUT2D eigenvalue weighted by Crippen LogP contribution is -2.42. The molecule has 1 aromatic rings. The molecule has 2 atom stereocenters. The minimum Gasteiger partial charge on any atom is -0.325 e. The molecule has 0 bridgehead atoms. The molecule has 1 N–H and O–H groups in total. The SMILES string of the molecule is CC(=O)c1cccc(NC(=O)CN2CC(C)CC(C)C2)c1. The van der Waals surface area contributed by atoms with Gasteiger partial charge in [-0.15, -0.1) is 0 Å². The number of hydrogen-bond donors (Lipinski definition) is 1. The fourth-order valence-electron chi connectivity index (χ4n) is 3.14. The van der Waals surface area contributed by atoms with Crippen molar-refractivity contribution < 1.29 is 9.59 Å². The van der Waals surface area contributed by atoms with Crippen LogP contribution in [-0.2, 0) is 4.79 Å². The van der Waals surface area contributed by atoms with E-state index in [9.17, 15) is 9.59 Å². The normalized spacial score (nSPS) is 22.8. The van der Waals surface area contributed by atoms with E-state index >= 15 is 0 Å². The summed E-state index contributed by atoms with van der Waals surface area (Å²) < 4.78 is 0. The number of carbonyl (C=O) groups excluding carboxylic acids is 2. The molecule has 0 radical (unpaired) electrons. The molecule has 2 rings (SSSR count).